The van der Waals surface area contributed by atoms with Gasteiger partial charge < -0.3 is 45.2 Å². The predicted octanol–water partition coefficient (Wildman–Crippen LogP) is 3.30. The minimum Gasteiger partial charge on any atom is -0.394 e. The summed E-state index contributed by atoms with van der Waals surface area (Å²) in [5.74, 6) is 0.236. The van der Waals surface area contributed by atoms with E-state index >= 15 is 0 Å². The highest BCUT2D eigenvalue weighted by Gasteiger charge is 2.72. The van der Waals surface area contributed by atoms with Gasteiger partial charge in [-0.1, -0.05) is 46.3 Å². The molecule has 7 N–H and O–H groups in total. The molecule has 5 fully saturated rings. The zero-order valence-corrected chi connectivity index (χ0v) is 28.8. The highest BCUT2D eigenvalue weighted by molar-refractivity contribution is 5.21. The number of aliphatic hydroxyl groups excluding tert-OH is 7. The summed E-state index contributed by atoms with van der Waals surface area (Å²) in [6, 6.07) is 0. The van der Waals surface area contributed by atoms with E-state index in [1.54, 1.807) is 0 Å². The van der Waals surface area contributed by atoms with Gasteiger partial charge in [0.25, 0.3) is 0 Å². The Morgan fingerprint density at radius 2 is 1.51 bits per heavy atom. The van der Waals surface area contributed by atoms with Crippen molar-refractivity contribution in [3.63, 3.8) is 0 Å². The maximum atomic E-state index is 12.2. The van der Waals surface area contributed by atoms with E-state index in [9.17, 15) is 35.7 Å². The summed E-state index contributed by atoms with van der Waals surface area (Å²) < 4.78 is 12.6. The molecule has 1 aliphatic heterocycles. The van der Waals surface area contributed by atoms with E-state index in [0.717, 1.165) is 32.1 Å². The van der Waals surface area contributed by atoms with E-state index in [0.29, 0.717) is 19.3 Å². The summed E-state index contributed by atoms with van der Waals surface area (Å²) in [6.45, 7) is 16.8. The largest absolute Gasteiger partial charge is 0.394 e. The average molecular weight is 639 g/mol. The molecule has 45 heavy (non-hydrogen) atoms. The lowest BCUT2D eigenvalue weighted by Gasteiger charge is -2.71. The molecule has 1 heterocycles. The van der Waals surface area contributed by atoms with Crippen molar-refractivity contribution in [3.8, 4) is 0 Å². The highest BCUT2D eigenvalue weighted by atomic mass is 16.7. The molecule has 0 aromatic heterocycles. The molecule has 0 aromatic carbocycles. The summed E-state index contributed by atoms with van der Waals surface area (Å²) >= 11 is 0. The van der Waals surface area contributed by atoms with Crippen molar-refractivity contribution in [2.45, 2.75) is 161 Å². The number of allylic oxidation sites excluding steroid dienone is 2. The van der Waals surface area contributed by atoms with Crippen molar-refractivity contribution in [1.29, 1.82) is 0 Å². The van der Waals surface area contributed by atoms with Crippen molar-refractivity contribution in [3.05, 3.63) is 11.6 Å². The number of fused-ring (bicyclic) bond motifs is 5. The van der Waals surface area contributed by atoms with Crippen LogP contribution in [0.25, 0.3) is 0 Å². The van der Waals surface area contributed by atoms with Gasteiger partial charge in [0.2, 0.25) is 0 Å². The number of hydrogen-bond acceptors (Lipinski definition) is 9. The molecule has 9 nitrogen and oxygen atoms in total. The van der Waals surface area contributed by atoms with E-state index < -0.39 is 66.6 Å². The van der Waals surface area contributed by atoms with Crippen LogP contribution in [0.1, 0.15) is 107 Å². The molecule has 0 bridgehead atoms. The van der Waals surface area contributed by atoms with Crippen molar-refractivity contribution in [2.75, 3.05) is 6.61 Å². The van der Waals surface area contributed by atoms with Crippen molar-refractivity contribution in [1.82, 2.24) is 0 Å². The zero-order chi connectivity index (χ0) is 33.5. The van der Waals surface area contributed by atoms with Crippen molar-refractivity contribution in [2.24, 2.45) is 45.3 Å². The minimum atomic E-state index is -1.53. The summed E-state index contributed by atoms with van der Waals surface area (Å²) in [7, 11) is 0. The fourth-order valence-electron chi connectivity index (χ4n) is 12.0. The molecule has 0 amide bonds. The summed E-state index contributed by atoms with van der Waals surface area (Å²) in [5.41, 5.74) is -0.670. The normalized spacial score (nSPS) is 52.2. The highest BCUT2D eigenvalue weighted by Crippen LogP contribution is 2.76. The van der Waals surface area contributed by atoms with Crippen LogP contribution in [0.2, 0.25) is 0 Å². The van der Waals surface area contributed by atoms with Crippen LogP contribution in [0.5, 0.6) is 0 Å². The first kappa shape index (κ1) is 35.7. The lowest BCUT2D eigenvalue weighted by molar-refractivity contribution is -0.336. The molecule has 16 atom stereocenters. The minimum absolute atomic E-state index is 0.0751. The predicted molar refractivity (Wildman–Crippen MR) is 170 cm³/mol. The standard InChI is InChI=1S/C36H62O9/c1-19(2)10-9-13-36(8,45-31-29(42)28(41)27(40)23(18-37)44-31)20-11-14-35(7)26(20)21(38)16-25-33(5)17-22(39)30(43)32(3,4)24(33)12-15-34(25,35)6/h10,20-31,37-43H,9,11-18H2,1-8H3/t20-,21+,22+,23+,24-,25+,26+,27+,28-,29+,30-,31-,33-,34+,35+,36-/m0/s1. The van der Waals surface area contributed by atoms with Crippen LogP contribution in [0, 0.1) is 45.3 Å². The first-order valence-electron chi connectivity index (χ1n) is 17.4. The Balaban J connectivity index is 1.50. The average Bonchev–Trinajstić information content (AvgIpc) is 3.34. The van der Waals surface area contributed by atoms with E-state index in [1.165, 1.54) is 5.57 Å². The van der Waals surface area contributed by atoms with Crippen LogP contribution in [0.4, 0.5) is 0 Å². The summed E-state index contributed by atoms with van der Waals surface area (Å²) in [5, 5.41) is 76.1. The molecule has 0 spiro atoms. The van der Waals surface area contributed by atoms with Gasteiger partial charge in [0.15, 0.2) is 6.29 Å². The van der Waals surface area contributed by atoms with E-state index in [1.807, 2.05) is 20.8 Å². The lowest BCUT2D eigenvalue weighted by Crippen LogP contribution is -2.68. The Morgan fingerprint density at radius 1 is 0.867 bits per heavy atom. The van der Waals surface area contributed by atoms with Gasteiger partial charge in [0.1, 0.15) is 24.4 Å². The number of rotatable bonds is 7. The number of hydrogen-bond donors (Lipinski definition) is 7. The fourth-order valence-corrected chi connectivity index (χ4v) is 12.0. The van der Waals surface area contributed by atoms with Gasteiger partial charge in [-0.05, 0) is 117 Å². The van der Waals surface area contributed by atoms with Gasteiger partial charge in [-0.25, -0.2) is 0 Å². The van der Waals surface area contributed by atoms with Gasteiger partial charge in [0.05, 0.1) is 30.5 Å². The second kappa shape index (κ2) is 12.1. The van der Waals surface area contributed by atoms with Crippen molar-refractivity contribution < 1.29 is 45.2 Å². The van der Waals surface area contributed by atoms with Gasteiger partial charge >= 0.3 is 0 Å². The molecule has 5 aliphatic rings. The third-order valence-electron chi connectivity index (χ3n) is 14.5. The molecular formula is C36H62O9. The monoisotopic (exact) mass is 638 g/mol. The fraction of sp³-hybridized carbons (Fsp3) is 0.944. The van der Waals surface area contributed by atoms with Gasteiger partial charge in [-0.15, -0.1) is 0 Å². The molecule has 0 unspecified atom stereocenters. The zero-order valence-electron chi connectivity index (χ0n) is 28.8. The molecule has 260 valence electrons. The quantitative estimate of drug-likeness (QED) is 0.208. The Kier molecular flexibility index (Phi) is 9.56. The third-order valence-corrected chi connectivity index (χ3v) is 14.5. The Bertz CT molecular complexity index is 1110. The molecule has 4 saturated carbocycles. The second-order valence-electron chi connectivity index (χ2n) is 17.4. The molecule has 5 rings (SSSR count). The second-order valence-corrected chi connectivity index (χ2v) is 17.4. The van der Waals surface area contributed by atoms with Gasteiger partial charge in [0, 0.05) is 0 Å². The maximum Gasteiger partial charge on any atom is 0.187 e. The summed E-state index contributed by atoms with van der Waals surface area (Å²) in [6.07, 6.45) is -0.682. The Labute approximate surface area is 270 Å². The first-order chi connectivity index (χ1) is 20.8. The van der Waals surface area contributed by atoms with Crippen LogP contribution in [0.15, 0.2) is 11.6 Å². The van der Waals surface area contributed by atoms with E-state index in [4.69, 9.17) is 9.47 Å². The Morgan fingerprint density at radius 3 is 2.13 bits per heavy atom. The molecule has 0 aromatic rings. The molecule has 1 saturated heterocycles. The van der Waals surface area contributed by atoms with Crippen LogP contribution < -0.4 is 0 Å². The van der Waals surface area contributed by atoms with Gasteiger partial charge in [-0.2, -0.15) is 0 Å². The van der Waals surface area contributed by atoms with Crippen LogP contribution in [-0.2, 0) is 9.47 Å². The number of aliphatic hydroxyl groups is 7. The van der Waals surface area contributed by atoms with E-state index in [-0.39, 0.29) is 39.9 Å². The van der Waals surface area contributed by atoms with Gasteiger partial charge in [-0.3, -0.25) is 0 Å². The van der Waals surface area contributed by atoms with Crippen LogP contribution in [0.3, 0.4) is 0 Å². The summed E-state index contributed by atoms with van der Waals surface area (Å²) in [4.78, 5) is 0. The topological polar surface area (TPSA) is 160 Å². The van der Waals surface area contributed by atoms with Crippen LogP contribution in [-0.4, -0.2) is 97.0 Å². The molecule has 4 aliphatic carbocycles. The maximum absolute atomic E-state index is 12.2. The molecular weight excluding hydrogens is 576 g/mol. The smallest absolute Gasteiger partial charge is 0.187 e. The molecule has 0 radical (unpaired) electrons. The SMILES string of the molecule is CC(C)=CCC[C@](C)(O[C@@H]1O[C@H](CO)[C@@H](O)[C@H](O)[C@H]1O)[C@H]1CC[C@]2(C)[C@H]1[C@H](O)C[C@@H]1[C@@]3(C)C[C@@H](O)[C@H](O)C(C)(C)[C@@H]3CC[C@]12C. The van der Waals surface area contributed by atoms with E-state index in [2.05, 4.69) is 40.7 Å². The number of ether oxygens (including phenoxy) is 2. The van der Waals surface area contributed by atoms with Crippen LogP contribution >= 0.6 is 0 Å². The van der Waals surface area contributed by atoms with Crippen molar-refractivity contribution >= 4 is 0 Å². The third kappa shape index (κ3) is 5.39. The lowest BCUT2D eigenvalue weighted by atomic mass is 9.35. The molecule has 9 heteroatoms. The Hall–Kier alpha value is -0.620. The first-order valence-corrected chi connectivity index (χ1v) is 17.4.